The summed E-state index contributed by atoms with van der Waals surface area (Å²) in [6, 6.07) is 0.125. The molecule has 1 aliphatic rings. The molecule has 2 N–H and O–H groups in total. The number of rotatable bonds is 2. The summed E-state index contributed by atoms with van der Waals surface area (Å²) in [5.74, 6) is 0.0372. The summed E-state index contributed by atoms with van der Waals surface area (Å²) < 4.78 is 5.16. The highest BCUT2D eigenvalue weighted by molar-refractivity contribution is 5.84. The van der Waals surface area contributed by atoms with Crippen molar-refractivity contribution in [2.75, 3.05) is 20.2 Å². The van der Waals surface area contributed by atoms with Crippen LogP contribution < -0.4 is 5.73 Å². The Morgan fingerprint density at radius 2 is 2.21 bits per heavy atom. The Bertz CT molecular complexity index is 216. The number of nitrogens with two attached hydrogens (primary N) is 1. The van der Waals surface area contributed by atoms with E-state index in [2.05, 4.69) is 0 Å². The van der Waals surface area contributed by atoms with Crippen LogP contribution in [0.4, 0.5) is 0 Å². The summed E-state index contributed by atoms with van der Waals surface area (Å²) in [6.45, 7) is 5.04. The van der Waals surface area contributed by atoms with Crippen molar-refractivity contribution < 1.29 is 9.53 Å². The fourth-order valence-electron chi connectivity index (χ4n) is 1.66. The van der Waals surface area contributed by atoms with Gasteiger partial charge in [-0.3, -0.25) is 4.79 Å². The third kappa shape index (κ3) is 2.45. The number of nitrogens with zero attached hydrogens (tertiary/aromatic N) is 1. The molecule has 4 heteroatoms. The van der Waals surface area contributed by atoms with Gasteiger partial charge in [-0.15, -0.1) is 0 Å². The molecule has 1 fully saturated rings. The number of carbonyl (C=O) groups is 1. The Balaban J connectivity index is 2.60. The lowest BCUT2D eigenvalue weighted by molar-refractivity contribution is -0.152. The minimum atomic E-state index is -0.725. The van der Waals surface area contributed by atoms with E-state index in [1.807, 2.05) is 0 Å². The fourth-order valence-corrected chi connectivity index (χ4v) is 1.66. The minimum Gasteiger partial charge on any atom is -0.369 e. The van der Waals surface area contributed by atoms with Crippen LogP contribution in [0.1, 0.15) is 26.7 Å². The van der Waals surface area contributed by atoms with Crippen molar-refractivity contribution in [1.29, 1.82) is 0 Å². The van der Waals surface area contributed by atoms with Crippen LogP contribution in [-0.4, -0.2) is 42.6 Å². The van der Waals surface area contributed by atoms with Crippen molar-refractivity contribution in [3.63, 3.8) is 0 Å². The molecule has 0 radical (unpaired) electrons. The van der Waals surface area contributed by atoms with Crippen molar-refractivity contribution in [3.8, 4) is 0 Å². The molecule has 1 aliphatic heterocycles. The Morgan fingerprint density at radius 1 is 1.57 bits per heavy atom. The van der Waals surface area contributed by atoms with Crippen LogP contribution >= 0.6 is 0 Å². The van der Waals surface area contributed by atoms with Gasteiger partial charge in [-0.2, -0.15) is 0 Å². The Morgan fingerprint density at radius 3 is 2.71 bits per heavy atom. The number of likely N-dealkylation sites (tertiary alicyclic amines) is 1. The van der Waals surface area contributed by atoms with E-state index in [9.17, 15) is 4.79 Å². The SMILES string of the molecule is COC(C)(C)C(=O)N1CCC[C@@H](N)C1. The molecule has 1 amide bonds. The second kappa shape index (κ2) is 4.28. The van der Waals surface area contributed by atoms with Gasteiger partial charge in [0.25, 0.3) is 5.91 Å². The molecule has 0 aromatic rings. The third-order valence-electron chi connectivity index (χ3n) is 2.77. The molecule has 1 rings (SSSR count). The molecule has 1 saturated heterocycles. The van der Waals surface area contributed by atoms with Crippen LogP contribution in [0.25, 0.3) is 0 Å². The quantitative estimate of drug-likeness (QED) is 0.700. The number of amides is 1. The van der Waals surface area contributed by atoms with Crippen molar-refractivity contribution >= 4 is 5.91 Å². The van der Waals surface area contributed by atoms with E-state index in [4.69, 9.17) is 10.5 Å². The van der Waals surface area contributed by atoms with Crippen LogP contribution in [0.5, 0.6) is 0 Å². The summed E-state index contributed by atoms with van der Waals surface area (Å²) in [6.07, 6.45) is 2.00. The largest absolute Gasteiger partial charge is 0.369 e. The highest BCUT2D eigenvalue weighted by atomic mass is 16.5. The first-order chi connectivity index (χ1) is 6.47. The van der Waals surface area contributed by atoms with Gasteiger partial charge >= 0.3 is 0 Å². The van der Waals surface area contributed by atoms with Gasteiger partial charge in [0.2, 0.25) is 0 Å². The number of piperidine rings is 1. The maximum atomic E-state index is 11.9. The number of hydrogen-bond acceptors (Lipinski definition) is 3. The maximum Gasteiger partial charge on any atom is 0.254 e. The lowest BCUT2D eigenvalue weighted by Gasteiger charge is -2.35. The molecule has 0 aromatic heterocycles. The lowest BCUT2D eigenvalue weighted by Crippen LogP contribution is -2.52. The molecule has 0 unspecified atom stereocenters. The molecule has 82 valence electrons. The van der Waals surface area contributed by atoms with Crippen molar-refractivity contribution in [1.82, 2.24) is 4.90 Å². The second-order valence-electron chi connectivity index (χ2n) is 4.37. The van der Waals surface area contributed by atoms with E-state index in [1.54, 1.807) is 25.9 Å². The minimum absolute atomic E-state index is 0.0372. The summed E-state index contributed by atoms with van der Waals surface area (Å²) in [5, 5.41) is 0. The molecule has 0 spiro atoms. The monoisotopic (exact) mass is 200 g/mol. The van der Waals surface area contributed by atoms with Crippen molar-refractivity contribution in [2.24, 2.45) is 5.73 Å². The summed E-state index contributed by atoms with van der Waals surface area (Å²) in [5.41, 5.74) is 5.09. The number of hydrogen-bond donors (Lipinski definition) is 1. The topological polar surface area (TPSA) is 55.6 Å². The Labute approximate surface area is 85.4 Å². The molecule has 0 aliphatic carbocycles. The van der Waals surface area contributed by atoms with Gasteiger partial charge in [0.15, 0.2) is 0 Å². The highest BCUT2D eigenvalue weighted by Gasteiger charge is 2.33. The van der Waals surface area contributed by atoms with E-state index >= 15 is 0 Å². The first kappa shape index (κ1) is 11.5. The molecule has 0 saturated carbocycles. The zero-order chi connectivity index (χ0) is 10.8. The number of methoxy groups -OCH3 is 1. The van der Waals surface area contributed by atoms with Crippen LogP contribution in [-0.2, 0) is 9.53 Å². The van der Waals surface area contributed by atoms with Gasteiger partial charge in [0.05, 0.1) is 0 Å². The summed E-state index contributed by atoms with van der Waals surface area (Å²) >= 11 is 0. The van der Waals surface area contributed by atoms with Gasteiger partial charge in [-0.25, -0.2) is 0 Å². The zero-order valence-electron chi connectivity index (χ0n) is 9.25. The summed E-state index contributed by atoms with van der Waals surface area (Å²) in [4.78, 5) is 13.7. The smallest absolute Gasteiger partial charge is 0.254 e. The van der Waals surface area contributed by atoms with E-state index in [1.165, 1.54) is 0 Å². The van der Waals surface area contributed by atoms with Crippen molar-refractivity contribution in [3.05, 3.63) is 0 Å². The van der Waals surface area contributed by atoms with E-state index in [-0.39, 0.29) is 11.9 Å². The zero-order valence-corrected chi connectivity index (χ0v) is 9.25. The average Bonchev–Trinajstić information content (AvgIpc) is 2.16. The Hall–Kier alpha value is -0.610. The predicted molar refractivity (Wildman–Crippen MR) is 54.9 cm³/mol. The molecule has 0 aromatic carbocycles. The first-order valence-electron chi connectivity index (χ1n) is 5.07. The van der Waals surface area contributed by atoms with Crippen LogP contribution in [0.3, 0.4) is 0 Å². The third-order valence-corrected chi connectivity index (χ3v) is 2.77. The molecule has 14 heavy (non-hydrogen) atoms. The maximum absolute atomic E-state index is 11.9. The predicted octanol–water partition coefficient (Wildman–Crippen LogP) is 0.361. The van der Waals surface area contributed by atoms with Crippen LogP contribution in [0, 0.1) is 0 Å². The average molecular weight is 200 g/mol. The van der Waals surface area contributed by atoms with Gasteiger partial charge in [0.1, 0.15) is 5.60 Å². The standard InChI is InChI=1S/C10H20N2O2/c1-10(2,14-3)9(13)12-6-4-5-8(11)7-12/h8H,4-7,11H2,1-3H3/t8-/m1/s1. The van der Waals surface area contributed by atoms with Crippen LogP contribution in [0.2, 0.25) is 0 Å². The van der Waals surface area contributed by atoms with E-state index in [0.29, 0.717) is 6.54 Å². The molecule has 1 heterocycles. The molecule has 4 nitrogen and oxygen atoms in total. The number of carbonyl (C=O) groups excluding carboxylic acids is 1. The summed E-state index contributed by atoms with van der Waals surface area (Å²) in [7, 11) is 1.56. The Kier molecular flexibility index (Phi) is 3.50. The normalized spacial score (nSPS) is 23.7. The van der Waals surface area contributed by atoms with Gasteiger partial charge < -0.3 is 15.4 Å². The van der Waals surface area contributed by atoms with E-state index < -0.39 is 5.60 Å². The first-order valence-corrected chi connectivity index (χ1v) is 5.07. The molecular formula is C10H20N2O2. The van der Waals surface area contributed by atoms with Gasteiger partial charge in [0, 0.05) is 26.2 Å². The van der Waals surface area contributed by atoms with Crippen molar-refractivity contribution in [2.45, 2.75) is 38.3 Å². The molecular weight excluding hydrogens is 180 g/mol. The highest BCUT2D eigenvalue weighted by Crippen LogP contribution is 2.16. The van der Waals surface area contributed by atoms with Gasteiger partial charge in [-0.1, -0.05) is 0 Å². The van der Waals surface area contributed by atoms with E-state index in [0.717, 1.165) is 19.4 Å². The molecule has 1 atom stereocenters. The van der Waals surface area contributed by atoms with Gasteiger partial charge in [-0.05, 0) is 26.7 Å². The number of ether oxygens (including phenoxy) is 1. The van der Waals surface area contributed by atoms with Crippen LogP contribution in [0.15, 0.2) is 0 Å². The molecule has 0 bridgehead atoms. The lowest BCUT2D eigenvalue weighted by atomic mass is 10.0. The second-order valence-corrected chi connectivity index (χ2v) is 4.37. The fraction of sp³-hybridized carbons (Fsp3) is 0.900.